The van der Waals surface area contributed by atoms with Crippen LogP contribution in [-0.2, 0) is 9.53 Å². The highest BCUT2D eigenvalue weighted by Gasteiger charge is 2.38. The van der Waals surface area contributed by atoms with Gasteiger partial charge >= 0.3 is 5.97 Å². The first kappa shape index (κ1) is 22.7. The van der Waals surface area contributed by atoms with Crippen molar-refractivity contribution in [2.45, 2.75) is 52.5 Å². The Morgan fingerprint density at radius 2 is 1.73 bits per heavy atom. The summed E-state index contributed by atoms with van der Waals surface area (Å²) in [5.74, 6) is -1.56. The Labute approximate surface area is 193 Å². The first-order valence-corrected chi connectivity index (χ1v) is 11.3. The van der Waals surface area contributed by atoms with Gasteiger partial charge in [0.25, 0.3) is 17.7 Å². The fraction of sp³-hybridized carbons (Fsp3) is 0.385. The van der Waals surface area contributed by atoms with Crippen LogP contribution in [0.5, 0.6) is 0 Å². The second kappa shape index (κ2) is 9.17. The van der Waals surface area contributed by atoms with E-state index in [9.17, 15) is 19.2 Å². The molecule has 2 aliphatic rings. The predicted molar refractivity (Wildman–Crippen MR) is 123 cm³/mol. The maximum atomic E-state index is 13.1. The summed E-state index contributed by atoms with van der Waals surface area (Å²) in [6.45, 7) is 5.45. The molecule has 4 rings (SSSR count). The Morgan fingerprint density at radius 3 is 2.48 bits per heavy atom. The fourth-order valence-electron chi connectivity index (χ4n) is 4.54. The average Bonchev–Trinajstić information content (AvgIpc) is 3.05. The molecule has 0 spiro atoms. The van der Waals surface area contributed by atoms with Gasteiger partial charge in [-0.05, 0) is 68.0 Å². The van der Waals surface area contributed by atoms with E-state index in [1.54, 1.807) is 6.07 Å². The van der Waals surface area contributed by atoms with Crippen molar-refractivity contribution in [1.82, 2.24) is 5.32 Å². The van der Waals surface area contributed by atoms with Crippen molar-refractivity contribution < 1.29 is 23.9 Å². The number of ether oxygens (including phenoxy) is 1. The highest BCUT2D eigenvalue weighted by molar-refractivity contribution is 6.35. The molecule has 2 unspecified atom stereocenters. The van der Waals surface area contributed by atoms with Crippen LogP contribution < -0.4 is 10.2 Å². The van der Waals surface area contributed by atoms with E-state index in [1.807, 2.05) is 26.0 Å². The van der Waals surface area contributed by atoms with Crippen LogP contribution in [-0.4, -0.2) is 36.3 Å². The number of imide groups is 1. The molecular weight excluding hydrogens is 420 g/mol. The maximum absolute atomic E-state index is 13.1. The smallest absolute Gasteiger partial charge is 0.338 e. The third kappa shape index (κ3) is 4.53. The predicted octanol–water partition coefficient (Wildman–Crippen LogP) is 3.96. The number of anilines is 1. The van der Waals surface area contributed by atoms with Gasteiger partial charge < -0.3 is 10.1 Å². The topological polar surface area (TPSA) is 92.8 Å². The quantitative estimate of drug-likeness (QED) is 0.552. The first-order chi connectivity index (χ1) is 15.8. The van der Waals surface area contributed by atoms with Gasteiger partial charge in [-0.25, -0.2) is 9.69 Å². The van der Waals surface area contributed by atoms with Gasteiger partial charge in [0.1, 0.15) is 0 Å². The molecule has 3 amide bonds. The number of carbonyl (C=O) groups is 4. The third-order valence-electron chi connectivity index (χ3n) is 6.52. The highest BCUT2D eigenvalue weighted by atomic mass is 16.5. The summed E-state index contributed by atoms with van der Waals surface area (Å²) in [5, 5.41) is 2.94. The minimum Gasteiger partial charge on any atom is -0.452 e. The van der Waals surface area contributed by atoms with Crippen LogP contribution in [0.3, 0.4) is 0 Å². The summed E-state index contributed by atoms with van der Waals surface area (Å²) < 4.78 is 5.17. The number of nitrogens with one attached hydrogen (secondary N) is 1. The summed E-state index contributed by atoms with van der Waals surface area (Å²) in [6, 6.07) is 9.93. The van der Waals surface area contributed by atoms with Crippen molar-refractivity contribution >= 4 is 29.4 Å². The molecule has 1 fully saturated rings. The molecule has 7 nitrogen and oxygen atoms in total. The molecule has 0 aromatic heterocycles. The van der Waals surface area contributed by atoms with Crippen molar-refractivity contribution in [3.63, 3.8) is 0 Å². The van der Waals surface area contributed by atoms with Gasteiger partial charge in [-0.2, -0.15) is 0 Å². The summed E-state index contributed by atoms with van der Waals surface area (Å²) >= 11 is 0. The largest absolute Gasteiger partial charge is 0.452 e. The number of rotatable bonds is 5. The second-order valence-electron chi connectivity index (χ2n) is 9.01. The van der Waals surface area contributed by atoms with Crippen molar-refractivity contribution in [3.8, 4) is 0 Å². The SMILES string of the molecule is Cc1ccc(C)c(N2C(=O)c3ccc(C(=O)OCC(=O)NC4CCCCC4C)cc3C2=O)c1. The molecule has 0 radical (unpaired) electrons. The normalized spacial score (nSPS) is 19.9. The molecule has 172 valence electrons. The van der Waals surface area contributed by atoms with E-state index >= 15 is 0 Å². The number of aryl methyl sites for hydroxylation is 2. The van der Waals surface area contributed by atoms with Crippen molar-refractivity contribution in [3.05, 3.63) is 64.2 Å². The lowest BCUT2D eigenvalue weighted by atomic mass is 9.86. The van der Waals surface area contributed by atoms with E-state index in [2.05, 4.69) is 12.2 Å². The van der Waals surface area contributed by atoms with Crippen LogP contribution in [0, 0.1) is 19.8 Å². The minimum atomic E-state index is -0.713. The first-order valence-electron chi connectivity index (χ1n) is 11.3. The molecule has 0 bridgehead atoms. The van der Waals surface area contributed by atoms with Crippen molar-refractivity contribution in [2.75, 3.05) is 11.5 Å². The monoisotopic (exact) mass is 448 g/mol. The lowest BCUT2D eigenvalue weighted by molar-refractivity contribution is -0.125. The van der Waals surface area contributed by atoms with Gasteiger partial charge in [-0.1, -0.05) is 31.9 Å². The van der Waals surface area contributed by atoms with Crippen molar-refractivity contribution in [1.29, 1.82) is 0 Å². The lowest BCUT2D eigenvalue weighted by Gasteiger charge is -2.29. The van der Waals surface area contributed by atoms with E-state index in [-0.39, 0.29) is 35.2 Å². The standard InChI is InChI=1S/C26H28N2O5/c1-15-8-9-17(3)22(12-15)28-24(30)19-11-10-18(13-20(19)25(28)31)26(32)33-14-23(29)27-21-7-5-4-6-16(21)2/h8-13,16,21H,4-7,14H2,1-3H3,(H,27,29). The van der Waals surface area contributed by atoms with E-state index in [4.69, 9.17) is 4.74 Å². The van der Waals surface area contributed by atoms with E-state index in [0.717, 1.165) is 35.3 Å². The highest BCUT2D eigenvalue weighted by Crippen LogP contribution is 2.32. The molecule has 1 N–H and O–H groups in total. The molecule has 1 heterocycles. The van der Waals surface area contributed by atoms with Gasteiger partial charge in [-0.3, -0.25) is 14.4 Å². The number of amides is 3. The summed E-state index contributed by atoms with van der Waals surface area (Å²) in [7, 11) is 0. The van der Waals surface area contributed by atoms with Crippen LogP contribution in [0.1, 0.15) is 74.8 Å². The molecule has 2 aromatic rings. The number of nitrogens with zero attached hydrogens (tertiary/aromatic N) is 1. The Morgan fingerprint density at radius 1 is 1.00 bits per heavy atom. The van der Waals surface area contributed by atoms with Crippen LogP contribution in [0.15, 0.2) is 36.4 Å². The van der Waals surface area contributed by atoms with Crippen LogP contribution >= 0.6 is 0 Å². The zero-order chi connectivity index (χ0) is 23.7. The van der Waals surface area contributed by atoms with Crippen LogP contribution in [0.25, 0.3) is 0 Å². The Balaban J connectivity index is 1.45. The summed E-state index contributed by atoms with van der Waals surface area (Å²) in [4.78, 5) is 51.9. The number of hydrogen-bond donors (Lipinski definition) is 1. The van der Waals surface area contributed by atoms with E-state index in [0.29, 0.717) is 11.6 Å². The number of benzene rings is 2. The number of fused-ring (bicyclic) bond motifs is 1. The van der Waals surface area contributed by atoms with E-state index in [1.165, 1.54) is 24.6 Å². The number of hydrogen-bond acceptors (Lipinski definition) is 5. The zero-order valence-electron chi connectivity index (χ0n) is 19.1. The molecule has 2 atom stereocenters. The molecule has 33 heavy (non-hydrogen) atoms. The van der Waals surface area contributed by atoms with Crippen LogP contribution in [0.2, 0.25) is 0 Å². The summed E-state index contributed by atoms with van der Waals surface area (Å²) in [5.41, 5.74) is 2.76. The molecule has 1 aliphatic carbocycles. The Hall–Kier alpha value is -3.48. The molecule has 1 saturated carbocycles. The number of carbonyl (C=O) groups excluding carboxylic acids is 4. The Kier molecular flexibility index (Phi) is 6.31. The molecule has 2 aromatic carbocycles. The molecule has 7 heteroatoms. The second-order valence-corrected chi connectivity index (χ2v) is 9.01. The Bertz CT molecular complexity index is 1140. The van der Waals surface area contributed by atoms with Gasteiger partial charge in [0.2, 0.25) is 0 Å². The van der Waals surface area contributed by atoms with Gasteiger partial charge in [0.15, 0.2) is 6.61 Å². The molecular formula is C26H28N2O5. The van der Waals surface area contributed by atoms with Gasteiger partial charge in [0, 0.05) is 6.04 Å². The van der Waals surface area contributed by atoms with Crippen LogP contribution in [0.4, 0.5) is 5.69 Å². The maximum Gasteiger partial charge on any atom is 0.338 e. The molecule has 1 aliphatic heterocycles. The average molecular weight is 449 g/mol. The van der Waals surface area contributed by atoms with E-state index < -0.39 is 17.8 Å². The third-order valence-corrected chi connectivity index (χ3v) is 6.52. The lowest BCUT2D eigenvalue weighted by Crippen LogP contribution is -2.42. The zero-order valence-corrected chi connectivity index (χ0v) is 19.1. The minimum absolute atomic E-state index is 0.102. The van der Waals surface area contributed by atoms with Gasteiger partial charge in [-0.15, -0.1) is 0 Å². The number of esters is 1. The van der Waals surface area contributed by atoms with Crippen molar-refractivity contribution in [2.24, 2.45) is 5.92 Å². The fourth-order valence-corrected chi connectivity index (χ4v) is 4.54. The van der Waals surface area contributed by atoms with Gasteiger partial charge in [0.05, 0.1) is 22.4 Å². The summed E-state index contributed by atoms with van der Waals surface area (Å²) in [6.07, 6.45) is 4.25. The molecule has 0 saturated heterocycles.